The number of anilines is 1. The molecule has 1 unspecified atom stereocenters. The lowest BCUT2D eigenvalue weighted by Gasteiger charge is -2.09. The first kappa shape index (κ1) is 14.0. The molecular weight excluding hydrogens is 248 g/mol. The summed E-state index contributed by atoms with van der Waals surface area (Å²) in [4.78, 5) is 11.8. The molecule has 19 heavy (non-hydrogen) atoms. The molecule has 0 radical (unpaired) electrons. The van der Waals surface area contributed by atoms with Crippen molar-refractivity contribution in [3.63, 3.8) is 0 Å². The van der Waals surface area contributed by atoms with Crippen molar-refractivity contribution in [1.82, 2.24) is 0 Å². The fourth-order valence-electron chi connectivity index (χ4n) is 2.67. The average molecular weight is 267 g/mol. The Morgan fingerprint density at radius 3 is 2.84 bits per heavy atom. The van der Waals surface area contributed by atoms with E-state index in [0.29, 0.717) is 24.9 Å². The Hall–Kier alpha value is -1.45. The van der Waals surface area contributed by atoms with Crippen LogP contribution in [0, 0.1) is 5.92 Å². The van der Waals surface area contributed by atoms with Crippen LogP contribution in [-0.4, -0.2) is 11.7 Å². The van der Waals surface area contributed by atoms with Gasteiger partial charge in [0, 0.05) is 31.4 Å². The third-order valence-corrected chi connectivity index (χ3v) is 3.67. The number of nitrogens with two attached hydrogens (primary N) is 1. The standard InChI is InChI=1S/C15H19F2NO/c16-15(17)7-6-12(10-15)9-14(19)5-4-11-2-1-3-13(18)8-11/h1-3,8,12H,4-7,9-10,18H2. The van der Waals surface area contributed by atoms with Crippen LogP contribution < -0.4 is 5.73 Å². The molecule has 1 aliphatic rings. The van der Waals surface area contributed by atoms with E-state index in [1.165, 1.54) is 0 Å². The van der Waals surface area contributed by atoms with E-state index in [4.69, 9.17) is 5.73 Å². The lowest BCUT2D eigenvalue weighted by atomic mass is 9.97. The second-order valence-corrected chi connectivity index (χ2v) is 5.45. The zero-order valence-electron chi connectivity index (χ0n) is 10.9. The van der Waals surface area contributed by atoms with Crippen LogP contribution in [0.3, 0.4) is 0 Å². The first-order chi connectivity index (χ1) is 8.94. The van der Waals surface area contributed by atoms with Gasteiger partial charge in [-0.3, -0.25) is 4.79 Å². The van der Waals surface area contributed by atoms with E-state index < -0.39 is 5.92 Å². The molecule has 1 aromatic carbocycles. The molecule has 2 rings (SSSR count). The minimum Gasteiger partial charge on any atom is -0.399 e. The zero-order valence-corrected chi connectivity index (χ0v) is 10.9. The fourth-order valence-corrected chi connectivity index (χ4v) is 2.67. The van der Waals surface area contributed by atoms with Gasteiger partial charge in [-0.1, -0.05) is 12.1 Å². The fraction of sp³-hybridized carbons (Fsp3) is 0.533. The molecule has 0 saturated heterocycles. The number of hydrogen-bond donors (Lipinski definition) is 1. The molecule has 1 fully saturated rings. The molecule has 1 aliphatic carbocycles. The van der Waals surface area contributed by atoms with Gasteiger partial charge in [-0.05, 0) is 36.5 Å². The predicted molar refractivity (Wildman–Crippen MR) is 71.1 cm³/mol. The topological polar surface area (TPSA) is 43.1 Å². The van der Waals surface area contributed by atoms with Crippen molar-refractivity contribution < 1.29 is 13.6 Å². The van der Waals surface area contributed by atoms with Crippen LogP contribution in [0.5, 0.6) is 0 Å². The van der Waals surface area contributed by atoms with E-state index in [9.17, 15) is 13.6 Å². The highest BCUT2D eigenvalue weighted by atomic mass is 19.3. The molecule has 104 valence electrons. The quantitative estimate of drug-likeness (QED) is 0.828. The Labute approximate surface area is 112 Å². The van der Waals surface area contributed by atoms with E-state index in [1.54, 1.807) is 6.07 Å². The molecule has 0 heterocycles. The monoisotopic (exact) mass is 267 g/mol. The van der Waals surface area contributed by atoms with Crippen LogP contribution in [0.4, 0.5) is 14.5 Å². The Balaban J connectivity index is 1.76. The molecule has 4 heteroatoms. The van der Waals surface area contributed by atoms with Crippen molar-refractivity contribution in [2.45, 2.75) is 44.4 Å². The van der Waals surface area contributed by atoms with Crippen LogP contribution in [0.25, 0.3) is 0 Å². The maximum atomic E-state index is 13.0. The van der Waals surface area contributed by atoms with Crippen molar-refractivity contribution >= 4 is 11.5 Å². The SMILES string of the molecule is Nc1cccc(CCC(=O)CC2CCC(F)(F)C2)c1. The van der Waals surface area contributed by atoms with Gasteiger partial charge in [0.1, 0.15) is 5.78 Å². The summed E-state index contributed by atoms with van der Waals surface area (Å²) in [6.45, 7) is 0. The lowest BCUT2D eigenvalue weighted by molar-refractivity contribution is -0.120. The summed E-state index contributed by atoms with van der Waals surface area (Å²) in [5.41, 5.74) is 7.36. The number of alkyl halides is 2. The van der Waals surface area contributed by atoms with E-state index in [-0.39, 0.29) is 31.0 Å². The summed E-state index contributed by atoms with van der Waals surface area (Å²) in [6.07, 6.45) is 1.60. The van der Waals surface area contributed by atoms with Gasteiger partial charge in [-0.25, -0.2) is 8.78 Å². The minimum absolute atomic E-state index is 0.0693. The van der Waals surface area contributed by atoms with Crippen molar-refractivity contribution in [1.29, 1.82) is 0 Å². The smallest absolute Gasteiger partial charge is 0.248 e. The first-order valence-corrected chi connectivity index (χ1v) is 6.68. The number of carbonyl (C=O) groups excluding carboxylic acids is 1. The van der Waals surface area contributed by atoms with Crippen molar-refractivity contribution in [3.8, 4) is 0 Å². The average Bonchev–Trinajstić information content (AvgIpc) is 2.66. The molecular formula is C15H19F2NO. The number of carbonyl (C=O) groups is 1. The van der Waals surface area contributed by atoms with Crippen molar-refractivity contribution in [2.24, 2.45) is 5.92 Å². The largest absolute Gasteiger partial charge is 0.399 e. The van der Waals surface area contributed by atoms with Crippen LogP contribution in [0.2, 0.25) is 0 Å². The second kappa shape index (κ2) is 5.68. The number of hydrogen-bond acceptors (Lipinski definition) is 2. The number of Topliss-reactive ketones (excluding diaryl/α,β-unsaturated/α-hetero) is 1. The molecule has 0 amide bonds. The third kappa shape index (κ3) is 4.30. The molecule has 0 aliphatic heterocycles. The zero-order chi connectivity index (χ0) is 13.9. The van der Waals surface area contributed by atoms with Gasteiger partial charge in [0.15, 0.2) is 0 Å². The van der Waals surface area contributed by atoms with E-state index >= 15 is 0 Å². The van der Waals surface area contributed by atoms with Crippen LogP contribution in [-0.2, 0) is 11.2 Å². The Bertz CT molecular complexity index is 459. The summed E-state index contributed by atoms with van der Waals surface area (Å²) >= 11 is 0. The van der Waals surface area contributed by atoms with Crippen molar-refractivity contribution in [3.05, 3.63) is 29.8 Å². The van der Waals surface area contributed by atoms with Crippen LogP contribution >= 0.6 is 0 Å². The molecule has 0 spiro atoms. The number of rotatable bonds is 5. The molecule has 1 saturated carbocycles. The van der Waals surface area contributed by atoms with Gasteiger partial charge in [0.2, 0.25) is 5.92 Å². The molecule has 2 N–H and O–H groups in total. The highest BCUT2D eigenvalue weighted by molar-refractivity contribution is 5.79. The minimum atomic E-state index is -2.56. The molecule has 0 bridgehead atoms. The normalized spacial score (nSPS) is 21.5. The van der Waals surface area contributed by atoms with Gasteiger partial charge in [0.25, 0.3) is 0 Å². The molecule has 1 atom stereocenters. The number of halogens is 2. The highest BCUT2D eigenvalue weighted by Crippen LogP contribution is 2.40. The Morgan fingerprint density at radius 1 is 1.42 bits per heavy atom. The number of ketones is 1. The Morgan fingerprint density at radius 2 is 2.21 bits per heavy atom. The molecule has 2 nitrogen and oxygen atoms in total. The van der Waals surface area contributed by atoms with Crippen LogP contribution in [0.15, 0.2) is 24.3 Å². The van der Waals surface area contributed by atoms with Gasteiger partial charge in [-0.15, -0.1) is 0 Å². The number of nitrogen functional groups attached to an aromatic ring is 1. The molecule has 0 aromatic heterocycles. The summed E-state index contributed by atoms with van der Waals surface area (Å²) in [7, 11) is 0. The lowest BCUT2D eigenvalue weighted by Crippen LogP contribution is -2.12. The van der Waals surface area contributed by atoms with E-state index in [0.717, 1.165) is 5.56 Å². The Kier molecular flexibility index (Phi) is 4.17. The maximum Gasteiger partial charge on any atom is 0.248 e. The summed E-state index contributed by atoms with van der Waals surface area (Å²) in [5.74, 6) is -2.62. The van der Waals surface area contributed by atoms with Crippen LogP contribution in [0.1, 0.15) is 37.7 Å². The van der Waals surface area contributed by atoms with Crippen molar-refractivity contribution in [2.75, 3.05) is 5.73 Å². The number of benzene rings is 1. The first-order valence-electron chi connectivity index (χ1n) is 6.68. The van der Waals surface area contributed by atoms with Gasteiger partial charge in [0.05, 0.1) is 0 Å². The number of aryl methyl sites for hydroxylation is 1. The summed E-state index contributed by atoms with van der Waals surface area (Å²) in [6, 6.07) is 7.42. The highest BCUT2D eigenvalue weighted by Gasteiger charge is 2.39. The van der Waals surface area contributed by atoms with Gasteiger partial charge in [-0.2, -0.15) is 0 Å². The van der Waals surface area contributed by atoms with E-state index in [2.05, 4.69) is 0 Å². The van der Waals surface area contributed by atoms with Gasteiger partial charge >= 0.3 is 0 Å². The molecule has 1 aromatic rings. The van der Waals surface area contributed by atoms with E-state index in [1.807, 2.05) is 18.2 Å². The summed E-state index contributed by atoms with van der Waals surface area (Å²) < 4.78 is 26.0. The van der Waals surface area contributed by atoms with Gasteiger partial charge < -0.3 is 5.73 Å². The predicted octanol–water partition coefficient (Wildman–Crippen LogP) is 3.60. The summed E-state index contributed by atoms with van der Waals surface area (Å²) in [5, 5.41) is 0. The maximum absolute atomic E-state index is 13.0. The second-order valence-electron chi connectivity index (χ2n) is 5.45. The third-order valence-electron chi connectivity index (χ3n) is 3.67.